The number of benzene rings is 1. The van der Waals surface area contributed by atoms with Crippen molar-refractivity contribution in [2.24, 2.45) is 11.7 Å². The molecule has 0 spiro atoms. The van der Waals surface area contributed by atoms with Gasteiger partial charge >= 0.3 is 5.69 Å². The predicted octanol–water partition coefficient (Wildman–Crippen LogP) is 2.97. The van der Waals surface area contributed by atoms with Gasteiger partial charge in [0.15, 0.2) is 5.82 Å². The van der Waals surface area contributed by atoms with Gasteiger partial charge < -0.3 is 10.6 Å². The molecule has 2 aliphatic rings. The molecule has 1 unspecified atom stereocenters. The Morgan fingerprint density at radius 1 is 1.21 bits per heavy atom. The van der Waals surface area contributed by atoms with Crippen molar-refractivity contribution in [3.8, 4) is 0 Å². The molecule has 6 nitrogen and oxygen atoms in total. The fourth-order valence-corrected chi connectivity index (χ4v) is 4.51. The van der Waals surface area contributed by atoms with Crippen LogP contribution in [-0.4, -0.2) is 28.2 Å². The van der Waals surface area contributed by atoms with E-state index in [4.69, 9.17) is 5.73 Å². The van der Waals surface area contributed by atoms with Crippen molar-refractivity contribution in [3.05, 3.63) is 37.8 Å². The molecule has 4 rings (SSSR count). The molecule has 1 aromatic heterocycles. The van der Waals surface area contributed by atoms with E-state index >= 15 is 4.39 Å². The summed E-state index contributed by atoms with van der Waals surface area (Å²) in [6.45, 7) is 6.26. The first-order valence-electron chi connectivity index (χ1n) is 9.84. The van der Waals surface area contributed by atoms with Gasteiger partial charge in [-0.3, -0.25) is 14.3 Å². The Kier molecular flexibility index (Phi) is 4.56. The van der Waals surface area contributed by atoms with E-state index in [9.17, 15) is 18.4 Å². The van der Waals surface area contributed by atoms with Gasteiger partial charge in [0, 0.05) is 30.2 Å². The average molecular weight is 410 g/mol. The van der Waals surface area contributed by atoms with Crippen molar-refractivity contribution in [2.45, 2.75) is 58.0 Å². The topological polar surface area (TPSA) is 84.1 Å². The molecule has 9 heteroatoms. The molecule has 2 heterocycles. The van der Waals surface area contributed by atoms with Gasteiger partial charge in [-0.2, -0.15) is 0 Å². The summed E-state index contributed by atoms with van der Waals surface area (Å²) in [7, 11) is 0. The lowest BCUT2D eigenvalue weighted by Crippen LogP contribution is -2.42. The molecule has 2 fully saturated rings. The number of aromatic amines is 1. The minimum Gasteiger partial charge on any atom is -0.369 e. The Morgan fingerprint density at radius 3 is 2.38 bits per heavy atom. The number of anilines is 1. The summed E-state index contributed by atoms with van der Waals surface area (Å²) in [6.07, 6.45) is -1.06. The van der Waals surface area contributed by atoms with Crippen LogP contribution in [0.2, 0.25) is 0 Å². The maximum Gasteiger partial charge on any atom is 0.329 e. The monoisotopic (exact) mass is 410 g/mol. The zero-order valence-electron chi connectivity index (χ0n) is 16.7. The number of H-pyrrole nitrogens is 1. The predicted molar refractivity (Wildman–Crippen MR) is 105 cm³/mol. The second-order valence-corrected chi connectivity index (χ2v) is 8.84. The van der Waals surface area contributed by atoms with Crippen molar-refractivity contribution in [3.63, 3.8) is 0 Å². The zero-order valence-corrected chi connectivity index (χ0v) is 16.7. The molecule has 1 saturated carbocycles. The van der Waals surface area contributed by atoms with Gasteiger partial charge in [-0.1, -0.05) is 0 Å². The van der Waals surface area contributed by atoms with Crippen LogP contribution in [0.25, 0.3) is 10.9 Å². The van der Waals surface area contributed by atoms with E-state index < -0.39 is 40.0 Å². The van der Waals surface area contributed by atoms with Crippen LogP contribution in [0.4, 0.5) is 18.9 Å². The van der Waals surface area contributed by atoms with Crippen molar-refractivity contribution in [1.82, 2.24) is 9.55 Å². The first-order valence-corrected chi connectivity index (χ1v) is 9.84. The van der Waals surface area contributed by atoms with Crippen LogP contribution >= 0.6 is 0 Å². The highest BCUT2D eigenvalue weighted by Gasteiger charge is 2.37. The maximum absolute atomic E-state index is 15.4. The molecule has 0 radical (unpaired) electrons. The minimum atomic E-state index is -3.19. The Balaban J connectivity index is 2.03. The summed E-state index contributed by atoms with van der Waals surface area (Å²) in [5, 5.41) is -0.430. The number of halogens is 3. The van der Waals surface area contributed by atoms with Crippen molar-refractivity contribution < 1.29 is 13.2 Å². The van der Waals surface area contributed by atoms with Gasteiger partial charge in [0.1, 0.15) is 0 Å². The number of hydrogen-bond donors (Lipinski definition) is 2. The summed E-state index contributed by atoms with van der Waals surface area (Å²) in [6, 6.07) is -0.168. The van der Waals surface area contributed by atoms with E-state index in [0.29, 0.717) is 37.9 Å². The van der Waals surface area contributed by atoms with E-state index in [0.717, 1.165) is 0 Å². The van der Waals surface area contributed by atoms with Crippen LogP contribution < -0.4 is 21.9 Å². The molecule has 2 aromatic rings. The summed E-state index contributed by atoms with van der Waals surface area (Å²) in [4.78, 5) is 28.7. The molecule has 1 aliphatic heterocycles. The van der Waals surface area contributed by atoms with Gasteiger partial charge in [0.2, 0.25) is 0 Å². The first kappa shape index (κ1) is 20.0. The highest BCUT2D eigenvalue weighted by molar-refractivity contribution is 5.90. The second kappa shape index (κ2) is 6.62. The van der Waals surface area contributed by atoms with Crippen LogP contribution in [0.5, 0.6) is 0 Å². The Bertz CT molecular complexity index is 1100. The molecule has 1 aliphatic carbocycles. The minimum absolute atomic E-state index is 0.0407. The quantitative estimate of drug-likeness (QED) is 0.812. The SMILES string of the molecule is Cc1c(N2CCC(C(C)(C)N)C2)c(F)c(C(F)F)c2c(=O)[nH]c(=O)n(C3CC3)c12. The molecule has 1 saturated heterocycles. The van der Waals surface area contributed by atoms with Gasteiger partial charge in [-0.05, 0) is 46.0 Å². The molecular formula is C20H25F3N4O2. The van der Waals surface area contributed by atoms with Crippen molar-refractivity contribution in [2.75, 3.05) is 18.0 Å². The normalized spacial score (nSPS) is 20.3. The second-order valence-electron chi connectivity index (χ2n) is 8.84. The molecule has 158 valence electrons. The number of nitrogens with two attached hydrogens (primary N) is 1. The number of nitrogens with zero attached hydrogens (tertiary/aromatic N) is 2. The number of aromatic nitrogens is 2. The average Bonchev–Trinajstić information content (AvgIpc) is 3.30. The number of alkyl halides is 2. The maximum atomic E-state index is 15.4. The molecule has 0 bridgehead atoms. The van der Waals surface area contributed by atoms with Gasteiger partial charge in [0.05, 0.1) is 22.2 Å². The highest BCUT2D eigenvalue weighted by Crippen LogP contribution is 2.43. The van der Waals surface area contributed by atoms with Crippen molar-refractivity contribution >= 4 is 16.6 Å². The van der Waals surface area contributed by atoms with E-state index in [1.807, 2.05) is 13.8 Å². The molecule has 29 heavy (non-hydrogen) atoms. The smallest absolute Gasteiger partial charge is 0.329 e. The van der Waals surface area contributed by atoms with E-state index in [-0.39, 0.29) is 23.2 Å². The van der Waals surface area contributed by atoms with Gasteiger partial charge in [-0.15, -0.1) is 0 Å². The lowest BCUT2D eigenvalue weighted by atomic mass is 9.88. The largest absolute Gasteiger partial charge is 0.369 e. The lowest BCUT2D eigenvalue weighted by Gasteiger charge is -2.29. The molecular weight excluding hydrogens is 385 g/mol. The van der Waals surface area contributed by atoms with Crippen molar-refractivity contribution in [1.29, 1.82) is 0 Å². The van der Waals surface area contributed by atoms with Gasteiger partial charge in [0.25, 0.3) is 12.0 Å². The molecule has 1 aromatic carbocycles. The number of nitrogens with one attached hydrogen (secondary N) is 1. The lowest BCUT2D eigenvalue weighted by molar-refractivity contribution is 0.148. The molecule has 0 amide bonds. The Labute approximate surface area is 165 Å². The zero-order chi connectivity index (χ0) is 21.2. The van der Waals surface area contributed by atoms with E-state index in [1.54, 1.807) is 11.8 Å². The van der Waals surface area contributed by atoms with Crippen LogP contribution in [0.15, 0.2) is 9.59 Å². The summed E-state index contributed by atoms with van der Waals surface area (Å²) < 4.78 is 44.6. The highest BCUT2D eigenvalue weighted by atomic mass is 19.3. The van der Waals surface area contributed by atoms with Crippen LogP contribution in [0, 0.1) is 18.7 Å². The summed E-state index contributed by atoms with van der Waals surface area (Å²) in [5.41, 5.74) is 3.65. The fraction of sp³-hybridized carbons (Fsp3) is 0.600. The molecule has 1 atom stereocenters. The Morgan fingerprint density at radius 2 is 1.86 bits per heavy atom. The third-order valence-corrected chi connectivity index (χ3v) is 6.26. The van der Waals surface area contributed by atoms with Gasteiger partial charge in [-0.25, -0.2) is 18.0 Å². The van der Waals surface area contributed by atoms with Crippen LogP contribution in [0.1, 0.15) is 56.7 Å². The standard InChI is InChI=1S/C20H25F3N4O2/c1-9-15-13(18(28)25-19(29)27(15)11-4-5-11)12(17(22)23)14(21)16(9)26-7-6-10(8-26)20(2,3)24/h10-11,17H,4-8,24H2,1-3H3,(H,25,28,29). The number of aryl methyl sites for hydroxylation is 1. The van der Waals surface area contributed by atoms with E-state index in [1.165, 1.54) is 4.57 Å². The first-order chi connectivity index (χ1) is 13.5. The summed E-state index contributed by atoms with van der Waals surface area (Å²) in [5.74, 6) is -1.02. The third kappa shape index (κ3) is 3.15. The van der Waals surface area contributed by atoms with Crippen LogP contribution in [-0.2, 0) is 0 Å². The van der Waals surface area contributed by atoms with Crippen LogP contribution in [0.3, 0.4) is 0 Å². The number of hydrogen-bond acceptors (Lipinski definition) is 4. The van der Waals surface area contributed by atoms with E-state index in [2.05, 4.69) is 4.98 Å². The summed E-state index contributed by atoms with van der Waals surface area (Å²) >= 11 is 0. The fourth-order valence-electron chi connectivity index (χ4n) is 4.51. The number of rotatable bonds is 4. The Hall–Kier alpha value is -2.29. The number of fused-ring (bicyclic) bond motifs is 1. The molecule has 3 N–H and O–H groups in total. The third-order valence-electron chi connectivity index (χ3n) is 6.26.